The molecule has 0 bridgehead atoms. The van der Waals surface area contributed by atoms with Crippen molar-refractivity contribution in [3.8, 4) is 0 Å². The molecule has 0 atom stereocenters. The number of rotatable bonds is 2. The van der Waals surface area contributed by atoms with Crippen LogP contribution in [0.4, 0.5) is 0 Å². The van der Waals surface area contributed by atoms with Gasteiger partial charge in [0.15, 0.2) is 0 Å². The molecular weight excluding hydrogens is 202 g/mol. The van der Waals surface area contributed by atoms with E-state index in [4.69, 9.17) is 10.8 Å². The standard InChI is InChI=1S/C8H6N3O2S/c9-7(13)4-1-2-10-8-6(4)11-5(3-12)14-8/h2,12H,3H2,(H2,9,13). The van der Waals surface area contributed by atoms with E-state index >= 15 is 0 Å². The Morgan fingerprint density at radius 3 is 3.14 bits per heavy atom. The second kappa shape index (κ2) is 3.32. The molecule has 14 heavy (non-hydrogen) atoms. The topological polar surface area (TPSA) is 89.1 Å². The normalized spacial score (nSPS) is 10.6. The van der Waals surface area contributed by atoms with E-state index in [-0.39, 0.29) is 12.2 Å². The monoisotopic (exact) mass is 208 g/mol. The number of carbonyl (C=O) groups excluding carboxylic acids is 1. The molecule has 3 N–H and O–H groups in total. The number of nitrogens with zero attached hydrogens (tertiary/aromatic N) is 2. The number of amides is 1. The van der Waals surface area contributed by atoms with Crippen molar-refractivity contribution in [2.24, 2.45) is 5.73 Å². The summed E-state index contributed by atoms with van der Waals surface area (Å²) in [6.07, 6.45) is 1.38. The quantitative estimate of drug-likeness (QED) is 0.731. The molecule has 0 unspecified atom stereocenters. The minimum Gasteiger partial charge on any atom is -0.389 e. The molecular formula is C8H6N3O2S. The first-order valence-corrected chi connectivity index (χ1v) is 4.61. The lowest BCUT2D eigenvalue weighted by Gasteiger charge is -1.93. The van der Waals surface area contributed by atoms with Gasteiger partial charge in [-0.2, -0.15) is 0 Å². The van der Waals surface area contributed by atoms with Crippen molar-refractivity contribution in [2.75, 3.05) is 0 Å². The van der Waals surface area contributed by atoms with Gasteiger partial charge in [0.25, 0.3) is 5.91 Å². The van der Waals surface area contributed by atoms with Crippen LogP contribution < -0.4 is 5.73 Å². The number of aliphatic hydroxyl groups excluding tert-OH is 1. The highest BCUT2D eigenvalue weighted by Gasteiger charge is 2.12. The van der Waals surface area contributed by atoms with E-state index in [9.17, 15) is 4.79 Å². The van der Waals surface area contributed by atoms with E-state index in [2.05, 4.69) is 16.0 Å². The number of primary amides is 1. The molecule has 2 aromatic heterocycles. The Morgan fingerprint density at radius 1 is 1.71 bits per heavy atom. The highest BCUT2D eigenvalue weighted by molar-refractivity contribution is 7.18. The van der Waals surface area contributed by atoms with Crippen LogP contribution in [-0.4, -0.2) is 21.0 Å². The Kier molecular flexibility index (Phi) is 2.14. The zero-order chi connectivity index (χ0) is 10.1. The van der Waals surface area contributed by atoms with Gasteiger partial charge in [0.1, 0.15) is 15.4 Å². The van der Waals surface area contributed by atoms with Gasteiger partial charge in [0.2, 0.25) is 0 Å². The minimum absolute atomic E-state index is 0.167. The van der Waals surface area contributed by atoms with Gasteiger partial charge < -0.3 is 10.8 Å². The second-order valence-corrected chi connectivity index (χ2v) is 3.62. The van der Waals surface area contributed by atoms with Crippen molar-refractivity contribution < 1.29 is 9.90 Å². The summed E-state index contributed by atoms with van der Waals surface area (Å²) in [7, 11) is 0. The van der Waals surface area contributed by atoms with Gasteiger partial charge in [-0.25, -0.2) is 9.97 Å². The Hall–Kier alpha value is -1.53. The largest absolute Gasteiger partial charge is 0.389 e. The molecule has 2 aromatic rings. The average Bonchev–Trinajstić information content (AvgIpc) is 2.59. The molecule has 2 rings (SSSR count). The number of carbonyl (C=O) groups is 1. The third kappa shape index (κ3) is 1.34. The van der Waals surface area contributed by atoms with E-state index in [1.165, 1.54) is 17.5 Å². The van der Waals surface area contributed by atoms with E-state index < -0.39 is 5.91 Å². The minimum atomic E-state index is -0.591. The second-order valence-electron chi connectivity index (χ2n) is 2.56. The fraction of sp³-hybridized carbons (Fsp3) is 0.125. The number of pyridine rings is 1. The molecule has 1 radical (unpaired) electrons. The maximum absolute atomic E-state index is 11.0. The molecule has 0 aliphatic heterocycles. The summed E-state index contributed by atoms with van der Waals surface area (Å²) in [5.74, 6) is -0.591. The Labute approximate surface area is 83.2 Å². The van der Waals surface area contributed by atoms with Gasteiger partial charge in [0, 0.05) is 12.3 Å². The van der Waals surface area contributed by atoms with Crippen LogP contribution in [0.1, 0.15) is 15.4 Å². The fourth-order valence-electron chi connectivity index (χ4n) is 1.08. The van der Waals surface area contributed by atoms with Crippen LogP contribution in [0.15, 0.2) is 6.20 Å². The number of aromatic nitrogens is 2. The molecule has 1 amide bonds. The molecule has 0 saturated heterocycles. The van der Waals surface area contributed by atoms with Gasteiger partial charge in [-0.05, 0) is 0 Å². The predicted octanol–water partition coefficient (Wildman–Crippen LogP) is 0.0827. The lowest BCUT2D eigenvalue weighted by molar-refractivity contribution is 0.100. The van der Waals surface area contributed by atoms with Crippen LogP contribution in [0, 0.1) is 6.07 Å². The Morgan fingerprint density at radius 2 is 2.50 bits per heavy atom. The fourth-order valence-corrected chi connectivity index (χ4v) is 1.86. The van der Waals surface area contributed by atoms with Crippen LogP contribution in [-0.2, 0) is 6.61 Å². The molecule has 0 fully saturated rings. The summed E-state index contributed by atoms with van der Waals surface area (Å²) in [4.78, 5) is 19.6. The molecule has 0 aliphatic carbocycles. The first kappa shape index (κ1) is 9.04. The van der Waals surface area contributed by atoms with E-state index in [0.29, 0.717) is 15.4 Å². The summed E-state index contributed by atoms with van der Waals surface area (Å²) in [6.45, 7) is -0.167. The van der Waals surface area contributed by atoms with Crippen LogP contribution >= 0.6 is 11.3 Å². The highest BCUT2D eigenvalue weighted by Crippen LogP contribution is 2.22. The Bertz CT molecular complexity index is 494. The smallest absolute Gasteiger partial charge is 0.251 e. The van der Waals surface area contributed by atoms with Crippen molar-refractivity contribution in [2.45, 2.75) is 6.61 Å². The summed E-state index contributed by atoms with van der Waals surface area (Å²) in [6, 6.07) is 2.63. The highest BCUT2D eigenvalue weighted by atomic mass is 32.1. The van der Waals surface area contributed by atoms with Crippen LogP contribution in [0.2, 0.25) is 0 Å². The van der Waals surface area contributed by atoms with Crippen LogP contribution in [0.5, 0.6) is 0 Å². The van der Waals surface area contributed by atoms with E-state index in [0.717, 1.165) is 0 Å². The number of thiazole rings is 1. The molecule has 71 valence electrons. The zero-order valence-electron chi connectivity index (χ0n) is 7.02. The molecule has 0 saturated carbocycles. The first-order chi connectivity index (χ1) is 6.72. The lowest BCUT2D eigenvalue weighted by atomic mass is 10.2. The maximum atomic E-state index is 11.0. The number of hydrogen-bond donors (Lipinski definition) is 2. The maximum Gasteiger partial charge on any atom is 0.251 e. The van der Waals surface area contributed by atoms with E-state index in [1.807, 2.05) is 0 Å². The Balaban J connectivity index is 2.73. The molecule has 2 heterocycles. The zero-order valence-corrected chi connectivity index (χ0v) is 7.84. The molecule has 0 aromatic carbocycles. The number of nitrogens with two attached hydrogens (primary N) is 1. The third-order valence-corrected chi connectivity index (χ3v) is 2.61. The summed E-state index contributed by atoms with van der Waals surface area (Å²) >= 11 is 1.23. The molecule has 6 heteroatoms. The van der Waals surface area contributed by atoms with Gasteiger partial charge >= 0.3 is 0 Å². The van der Waals surface area contributed by atoms with Crippen molar-refractivity contribution in [1.29, 1.82) is 0 Å². The number of fused-ring (bicyclic) bond motifs is 1. The summed E-state index contributed by atoms with van der Waals surface area (Å²) in [5.41, 5.74) is 5.76. The number of aliphatic hydroxyl groups is 1. The van der Waals surface area contributed by atoms with E-state index in [1.54, 1.807) is 0 Å². The molecule has 0 spiro atoms. The van der Waals surface area contributed by atoms with Gasteiger partial charge in [-0.3, -0.25) is 4.79 Å². The molecule has 0 aliphatic rings. The van der Waals surface area contributed by atoms with Crippen molar-refractivity contribution >= 4 is 27.6 Å². The van der Waals surface area contributed by atoms with Crippen LogP contribution in [0.3, 0.4) is 0 Å². The molecule has 5 nitrogen and oxygen atoms in total. The summed E-state index contributed by atoms with van der Waals surface area (Å²) in [5, 5.41) is 9.37. The third-order valence-electron chi connectivity index (χ3n) is 1.66. The van der Waals surface area contributed by atoms with Crippen molar-refractivity contribution in [1.82, 2.24) is 9.97 Å². The van der Waals surface area contributed by atoms with Gasteiger partial charge in [-0.15, -0.1) is 0 Å². The summed E-state index contributed by atoms with van der Waals surface area (Å²) < 4.78 is 0. The first-order valence-electron chi connectivity index (χ1n) is 3.79. The van der Waals surface area contributed by atoms with Crippen LogP contribution in [0.25, 0.3) is 10.3 Å². The van der Waals surface area contributed by atoms with Gasteiger partial charge in [0.05, 0.1) is 12.2 Å². The predicted molar refractivity (Wildman–Crippen MR) is 50.7 cm³/mol. The van der Waals surface area contributed by atoms with Crippen molar-refractivity contribution in [3.05, 3.63) is 22.8 Å². The average molecular weight is 208 g/mol. The SMILES string of the molecule is NC(=O)c1[c]cnc2sc(CO)nc12. The lowest BCUT2D eigenvalue weighted by Crippen LogP contribution is -2.11. The number of hydrogen-bond acceptors (Lipinski definition) is 5. The van der Waals surface area contributed by atoms with Gasteiger partial charge in [-0.1, -0.05) is 11.3 Å². The van der Waals surface area contributed by atoms with Crippen molar-refractivity contribution in [3.63, 3.8) is 0 Å².